The van der Waals surface area contributed by atoms with Gasteiger partial charge in [-0.15, -0.1) is 0 Å². The molecule has 0 aliphatic carbocycles. The zero-order valence-electron chi connectivity index (χ0n) is 14.7. The predicted molar refractivity (Wildman–Crippen MR) is 105 cm³/mol. The van der Waals surface area contributed by atoms with E-state index < -0.39 is 10.0 Å². The lowest BCUT2D eigenvalue weighted by atomic mass is 9.95. The van der Waals surface area contributed by atoms with Crippen LogP contribution in [0.2, 0.25) is 0 Å². The Morgan fingerprint density at radius 3 is 2.46 bits per heavy atom. The normalized spacial score (nSPS) is 11.6. The number of phenolic OH excluding ortho intramolecular Hbond substituents is 2. The largest absolute Gasteiger partial charge is 0.507 e. The summed E-state index contributed by atoms with van der Waals surface area (Å²) < 4.78 is 26.9. The molecule has 0 saturated heterocycles. The van der Waals surface area contributed by atoms with Gasteiger partial charge in [-0.2, -0.15) is 0 Å². The fraction of sp³-hybridized carbons (Fsp3) is 0.200. The minimum absolute atomic E-state index is 0.0160. The Hall–Kier alpha value is -2.73. The van der Waals surface area contributed by atoms with Gasteiger partial charge in [0, 0.05) is 11.1 Å². The number of aromatic hydroxyl groups is 2. The first-order valence-corrected chi connectivity index (χ1v) is 10.0. The van der Waals surface area contributed by atoms with Crippen molar-refractivity contribution in [2.45, 2.75) is 20.3 Å². The van der Waals surface area contributed by atoms with E-state index >= 15 is 0 Å². The molecule has 0 spiro atoms. The van der Waals surface area contributed by atoms with Crippen LogP contribution in [0.25, 0.3) is 21.9 Å². The molecule has 0 aromatic heterocycles. The molecule has 0 fully saturated rings. The third-order valence-corrected chi connectivity index (χ3v) is 5.73. The van der Waals surface area contributed by atoms with Crippen molar-refractivity contribution in [1.82, 2.24) is 0 Å². The van der Waals surface area contributed by atoms with Crippen LogP contribution >= 0.6 is 0 Å². The van der Waals surface area contributed by atoms with Crippen LogP contribution in [-0.4, -0.2) is 24.4 Å². The molecule has 0 saturated carbocycles. The molecule has 3 aromatic rings. The molecular formula is C20H21NO4S. The van der Waals surface area contributed by atoms with Gasteiger partial charge in [0.05, 0.1) is 11.4 Å². The third kappa shape index (κ3) is 3.46. The van der Waals surface area contributed by atoms with Gasteiger partial charge in [-0.3, -0.25) is 4.72 Å². The molecule has 136 valence electrons. The Morgan fingerprint density at radius 2 is 1.73 bits per heavy atom. The SMILES string of the molecule is CCCS(=O)(=O)Nc1cc(-c2c(O)ccc3ccccc23)c(O)cc1C. The van der Waals surface area contributed by atoms with Crippen molar-refractivity contribution in [3.05, 3.63) is 54.1 Å². The lowest BCUT2D eigenvalue weighted by Gasteiger charge is -2.16. The van der Waals surface area contributed by atoms with Gasteiger partial charge in [0.2, 0.25) is 10.0 Å². The molecular weight excluding hydrogens is 350 g/mol. The van der Waals surface area contributed by atoms with Crippen LogP contribution < -0.4 is 4.72 Å². The van der Waals surface area contributed by atoms with E-state index in [1.165, 1.54) is 6.07 Å². The Morgan fingerprint density at radius 1 is 1.00 bits per heavy atom. The first kappa shape index (κ1) is 18.1. The lowest BCUT2D eigenvalue weighted by Crippen LogP contribution is -2.16. The van der Waals surface area contributed by atoms with Gasteiger partial charge in [-0.25, -0.2) is 8.42 Å². The molecule has 0 unspecified atom stereocenters. The summed E-state index contributed by atoms with van der Waals surface area (Å²) in [5.74, 6) is 0.0140. The van der Waals surface area contributed by atoms with Gasteiger partial charge in [-0.05, 0) is 47.9 Å². The molecule has 0 heterocycles. The van der Waals surface area contributed by atoms with Gasteiger partial charge in [-0.1, -0.05) is 37.3 Å². The van der Waals surface area contributed by atoms with Crippen molar-refractivity contribution in [2.24, 2.45) is 0 Å². The molecule has 0 aliphatic rings. The summed E-state index contributed by atoms with van der Waals surface area (Å²) in [6, 6.07) is 13.9. The van der Waals surface area contributed by atoms with Crippen molar-refractivity contribution >= 4 is 26.5 Å². The maximum absolute atomic E-state index is 12.1. The first-order chi connectivity index (χ1) is 12.3. The van der Waals surface area contributed by atoms with E-state index in [0.717, 1.165) is 10.8 Å². The fourth-order valence-corrected chi connectivity index (χ4v) is 4.23. The molecule has 0 bridgehead atoms. The van der Waals surface area contributed by atoms with E-state index in [9.17, 15) is 18.6 Å². The van der Waals surface area contributed by atoms with Gasteiger partial charge in [0.15, 0.2) is 0 Å². The number of rotatable bonds is 5. The highest BCUT2D eigenvalue weighted by atomic mass is 32.2. The number of fused-ring (bicyclic) bond motifs is 1. The summed E-state index contributed by atoms with van der Waals surface area (Å²) in [7, 11) is -3.47. The van der Waals surface area contributed by atoms with Crippen molar-refractivity contribution in [3.8, 4) is 22.6 Å². The van der Waals surface area contributed by atoms with E-state index in [1.54, 1.807) is 32.0 Å². The minimum atomic E-state index is -3.47. The van der Waals surface area contributed by atoms with E-state index in [1.807, 2.05) is 24.3 Å². The lowest BCUT2D eigenvalue weighted by molar-refractivity contribution is 0.469. The van der Waals surface area contributed by atoms with Crippen LogP contribution in [0, 0.1) is 6.92 Å². The molecule has 0 radical (unpaired) electrons. The number of phenols is 2. The number of anilines is 1. The number of aryl methyl sites for hydroxylation is 1. The molecule has 0 amide bonds. The quantitative estimate of drug-likeness (QED) is 0.581. The Labute approximate surface area is 153 Å². The summed E-state index contributed by atoms with van der Waals surface area (Å²) in [5, 5.41) is 22.6. The maximum atomic E-state index is 12.1. The molecule has 3 aromatic carbocycles. The third-order valence-electron chi connectivity index (χ3n) is 4.26. The van der Waals surface area contributed by atoms with E-state index in [-0.39, 0.29) is 17.3 Å². The zero-order chi connectivity index (χ0) is 18.9. The Kier molecular flexibility index (Phi) is 4.78. The van der Waals surface area contributed by atoms with Crippen LogP contribution in [0.5, 0.6) is 11.5 Å². The first-order valence-electron chi connectivity index (χ1n) is 8.37. The van der Waals surface area contributed by atoms with Crippen molar-refractivity contribution in [2.75, 3.05) is 10.5 Å². The van der Waals surface area contributed by atoms with Gasteiger partial charge in [0.25, 0.3) is 0 Å². The number of benzene rings is 3. The Balaban J connectivity index is 2.21. The fourth-order valence-electron chi connectivity index (χ4n) is 3.03. The second kappa shape index (κ2) is 6.88. The van der Waals surface area contributed by atoms with E-state index in [0.29, 0.717) is 28.8 Å². The van der Waals surface area contributed by atoms with Crippen LogP contribution in [-0.2, 0) is 10.0 Å². The second-order valence-corrected chi connectivity index (χ2v) is 8.13. The van der Waals surface area contributed by atoms with Crippen molar-refractivity contribution in [1.29, 1.82) is 0 Å². The van der Waals surface area contributed by atoms with Crippen LogP contribution in [0.1, 0.15) is 18.9 Å². The molecule has 26 heavy (non-hydrogen) atoms. The van der Waals surface area contributed by atoms with E-state index in [2.05, 4.69) is 4.72 Å². The molecule has 6 heteroatoms. The number of hydrogen-bond donors (Lipinski definition) is 3. The number of nitrogens with one attached hydrogen (secondary N) is 1. The van der Waals surface area contributed by atoms with Crippen molar-refractivity contribution in [3.63, 3.8) is 0 Å². The van der Waals surface area contributed by atoms with Crippen molar-refractivity contribution < 1.29 is 18.6 Å². The highest BCUT2D eigenvalue weighted by Gasteiger charge is 2.17. The minimum Gasteiger partial charge on any atom is -0.507 e. The highest BCUT2D eigenvalue weighted by molar-refractivity contribution is 7.92. The average Bonchev–Trinajstić information content (AvgIpc) is 2.58. The number of sulfonamides is 1. The predicted octanol–water partition coefficient (Wildman–Crippen LogP) is 4.38. The zero-order valence-corrected chi connectivity index (χ0v) is 15.5. The average molecular weight is 371 g/mol. The second-order valence-electron chi connectivity index (χ2n) is 6.29. The smallest absolute Gasteiger partial charge is 0.232 e. The summed E-state index contributed by atoms with van der Waals surface area (Å²) in [4.78, 5) is 0. The molecule has 3 N–H and O–H groups in total. The summed E-state index contributed by atoms with van der Waals surface area (Å²) in [6.45, 7) is 3.51. The van der Waals surface area contributed by atoms with Crippen LogP contribution in [0.3, 0.4) is 0 Å². The van der Waals surface area contributed by atoms with Crippen LogP contribution in [0.4, 0.5) is 5.69 Å². The van der Waals surface area contributed by atoms with Gasteiger partial charge >= 0.3 is 0 Å². The number of hydrogen-bond acceptors (Lipinski definition) is 4. The van der Waals surface area contributed by atoms with Gasteiger partial charge < -0.3 is 10.2 Å². The van der Waals surface area contributed by atoms with Crippen LogP contribution in [0.15, 0.2) is 48.5 Å². The standard InChI is InChI=1S/C20H21NO4S/c1-3-10-26(24,25)21-17-12-16(19(23)11-13(17)2)20-15-7-5-4-6-14(15)8-9-18(20)22/h4-9,11-12,21-23H,3,10H2,1-2H3. The monoisotopic (exact) mass is 371 g/mol. The molecule has 3 rings (SSSR count). The maximum Gasteiger partial charge on any atom is 0.232 e. The van der Waals surface area contributed by atoms with Gasteiger partial charge in [0.1, 0.15) is 11.5 Å². The Bertz CT molecular complexity index is 1070. The summed E-state index contributed by atoms with van der Waals surface area (Å²) >= 11 is 0. The summed E-state index contributed by atoms with van der Waals surface area (Å²) in [6.07, 6.45) is 0.503. The molecule has 5 nitrogen and oxygen atoms in total. The molecule has 0 aliphatic heterocycles. The highest BCUT2D eigenvalue weighted by Crippen LogP contribution is 2.42. The summed E-state index contributed by atoms with van der Waals surface area (Å²) in [5.41, 5.74) is 1.83. The molecule has 0 atom stereocenters. The van der Waals surface area contributed by atoms with E-state index in [4.69, 9.17) is 0 Å². The topological polar surface area (TPSA) is 86.6 Å².